The summed E-state index contributed by atoms with van der Waals surface area (Å²) in [7, 11) is 0. The molecule has 1 atom stereocenters. The second-order valence-electron chi connectivity index (χ2n) is 6.10. The molecule has 1 unspecified atom stereocenters. The van der Waals surface area contributed by atoms with Gasteiger partial charge in [-0.15, -0.1) is 0 Å². The number of urea groups is 1. The highest BCUT2D eigenvalue weighted by Crippen LogP contribution is 2.19. The highest BCUT2D eigenvalue weighted by atomic mass is 32.2. The fourth-order valence-electron chi connectivity index (χ4n) is 2.33. The molecule has 2 amide bonds. The first-order chi connectivity index (χ1) is 9.32. The van der Waals surface area contributed by atoms with Crippen molar-refractivity contribution in [1.29, 1.82) is 0 Å². The third-order valence-corrected chi connectivity index (χ3v) is 4.12. The maximum Gasteiger partial charge on any atom is 0.327 e. The van der Waals surface area contributed by atoms with Crippen LogP contribution in [-0.2, 0) is 4.79 Å². The van der Waals surface area contributed by atoms with E-state index in [1.165, 1.54) is 4.90 Å². The average Bonchev–Trinajstić information content (AvgIpc) is 2.36. The van der Waals surface area contributed by atoms with Crippen LogP contribution in [0.3, 0.4) is 0 Å². The number of amides is 2. The quantitative estimate of drug-likeness (QED) is 0.846. The number of aliphatic carboxylic acids is 1. The summed E-state index contributed by atoms with van der Waals surface area (Å²) < 4.78 is 0. The molecule has 0 aromatic carbocycles. The summed E-state index contributed by atoms with van der Waals surface area (Å²) in [4.78, 5) is 27.3. The van der Waals surface area contributed by atoms with Crippen LogP contribution in [0.1, 0.15) is 27.7 Å². The van der Waals surface area contributed by atoms with Crippen LogP contribution < -0.4 is 0 Å². The summed E-state index contributed by atoms with van der Waals surface area (Å²) in [6.45, 7) is 10.2. The van der Waals surface area contributed by atoms with Gasteiger partial charge in [0.25, 0.3) is 0 Å². The molecule has 0 aliphatic carbocycles. The molecule has 6 heteroatoms. The van der Waals surface area contributed by atoms with Gasteiger partial charge in [0.2, 0.25) is 0 Å². The van der Waals surface area contributed by atoms with Gasteiger partial charge in [0, 0.05) is 31.1 Å². The van der Waals surface area contributed by atoms with Crippen molar-refractivity contribution in [3.05, 3.63) is 0 Å². The molecule has 1 heterocycles. The molecule has 116 valence electrons. The van der Waals surface area contributed by atoms with Crippen molar-refractivity contribution in [3.8, 4) is 0 Å². The van der Waals surface area contributed by atoms with E-state index in [1.807, 2.05) is 0 Å². The van der Waals surface area contributed by atoms with Gasteiger partial charge in [-0.25, -0.2) is 9.59 Å². The van der Waals surface area contributed by atoms with E-state index in [1.54, 1.807) is 16.7 Å². The first-order valence-electron chi connectivity index (χ1n) is 7.19. The zero-order valence-corrected chi connectivity index (χ0v) is 13.7. The molecule has 0 aromatic heterocycles. The maximum absolute atomic E-state index is 12.7. The fourth-order valence-corrected chi connectivity index (χ4v) is 3.37. The van der Waals surface area contributed by atoms with E-state index in [-0.39, 0.29) is 6.03 Å². The normalized spacial score (nSPS) is 19.5. The molecule has 1 saturated heterocycles. The van der Waals surface area contributed by atoms with E-state index in [9.17, 15) is 14.7 Å². The highest BCUT2D eigenvalue weighted by molar-refractivity contribution is 7.99. The summed E-state index contributed by atoms with van der Waals surface area (Å²) in [5.74, 6) is 1.14. The average molecular weight is 302 g/mol. The van der Waals surface area contributed by atoms with E-state index in [0.717, 1.165) is 5.75 Å². The van der Waals surface area contributed by atoms with Crippen molar-refractivity contribution < 1.29 is 14.7 Å². The van der Waals surface area contributed by atoms with Crippen molar-refractivity contribution in [2.45, 2.75) is 33.7 Å². The van der Waals surface area contributed by atoms with Crippen molar-refractivity contribution >= 4 is 23.8 Å². The maximum atomic E-state index is 12.7. The molecule has 0 radical (unpaired) electrons. The summed E-state index contributed by atoms with van der Waals surface area (Å²) in [5.41, 5.74) is 0. The Morgan fingerprint density at radius 1 is 1.25 bits per heavy atom. The Morgan fingerprint density at radius 3 is 2.25 bits per heavy atom. The molecule has 20 heavy (non-hydrogen) atoms. The van der Waals surface area contributed by atoms with Gasteiger partial charge in [-0.3, -0.25) is 0 Å². The van der Waals surface area contributed by atoms with Crippen molar-refractivity contribution in [2.75, 3.05) is 31.1 Å². The van der Waals surface area contributed by atoms with Crippen molar-refractivity contribution in [3.63, 3.8) is 0 Å². The van der Waals surface area contributed by atoms with Crippen LogP contribution in [0.25, 0.3) is 0 Å². The van der Waals surface area contributed by atoms with Gasteiger partial charge in [0.1, 0.15) is 6.04 Å². The Morgan fingerprint density at radius 2 is 1.80 bits per heavy atom. The predicted molar refractivity (Wildman–Crippen MR) is 82.1 cm³/mol. The Balaban J connectivity index is 2.82. The zero-order chi connectivity index (χ0) is 15.3. The minimum atomic E-state index is -0.903. The van der Waals surface area contributed by atoms with Gasteiger partial charge >= 0.3 is 12.0 Å². The summed E-state index contributed by atoms with van der Waals surface area (Å²) in [6, 6.07) is -0.817. The Kier molecular flexibility index (Phi) is 6.65. The number of carbonyl (C=O) groups excluding carboxylic acids is 1. The number of thioether (sulfide) groups is 1. The minimum absolute atomic E-state index is 0.125. The first kappa shape index (κ1) is 17.1. The lowest BCUT2D eigenvalue weighted by Gasteiger charge is -2.37. The highest BCUT2D eigenvalue weighted by Gasteiger charge is 2.34. The number of hydrogen-bond acceptors (Lipinski definition) is 3. The number of rotatable bonds is 5. The monoisotopic (exact) mass is 302 g/mol. The molecule has 5 nitrogen and oxygen atoms in total. The Bertz CT molecular complexity index is 337. The number of carboxylic acids is 1. The lowest BCUT2D eigenvalue weighted by atomic mass is 10.1. The molecule has 1 N–H and O–H groups in total. The van der Waals surface area contributed by atoms with Crippen molar-refractivity contribution in [1.82, 2.24) is 9.80 Å². The minimum Gasteiger partial charge on any atom is -0.480 e. The molecule has 1 fully saturated rings. The van der Waals surface area contributed by atoms with E-state index in [2.05, 4.69) is 27.7 Å². The van der Waals surface area contributed by atoms with E-state index in [4.69, 9.17) is 0 Å². The van der Waals surface area contributed by atoms with Gasteiger partial charge in [0.15, 0.2) is 0 Å². The van der Waals surface area contributed by atoms with Crippen LogP contribution in [0.15, 0.2) is 0 Å². The van der Waals surface area contributed by atoms with Crippen LogP contribution >= 0.6 is 11.8 Å². The molecular formula is C14H26N2O3S. The van der Waals surface area contributed by atoms with Gasteiger partial charge < -0.3 is 14.9 Å². The molecule has 0 spiro atoms. The summed E-state index contributed by atoms with van der Waals surface area (Å²) >= 11 is 1.60. The van der Waals surface area contributed by atoms with Crippen LogP contribution in [0.5, 0.6) is 0 Å². The molecule has 0 saturated carbocycles. The van der Waals surface area contributed by atoms with Crippen LogP contribution in [0, 0.1) is 11.8 Å². The number of carbonyl (C=O) groups is 2. The third-order valence-electron chi connectivity index (χ3n) is 3.10. The van der Waals surface area contributed by atoms with Crippen LogP contribution in [0.4, 0.5) is 4.79 Å². The lowest BCUT2D eigenvalue weighted by molar-refractivity contribution is -0.141. The summed E-state index contributed by atoms with van der Waals surface area (Å²) in [6.07, 6.45) is 0. The topological polar surface area (TPSA) is 60.9 Å². The molecule has 0 aromatic rings. The Hall–Kier alpha value is -0.910. The summed E-state index contributed by atoms with van der Waals surface area (Å²) in [5, 5.41) is 9.28. The lowest BCUT2D eigenvalue weighted by Crippen LogP contribution is -2.55. The van der Waals surface area contributed by atoms with Gasteiger partial charge in [-0.2, -0.15) is 11.8 Å². The Labute approximate surface area is 125 Å². The van der Waals surface area contributed by atoms with Gasteiger partial charge in [0.05, 0.1) is 0 Å². The zero-order valence-electron chi connectivity index (χ0n) is 12.8. The van der Waals surface area contributed by atoms with E-state index >= 15 is 0 Å². The first-order valence-corrected chi connectivity index (χ1v) is 8.34. The van der Waals surface area contributed by atoms with Crippen LogP contribution in [0.2, 0.25) is 0 Å². The fraction of sp³-hybridized carbons (Fsp3) is 0.857. The molecule has 0 bridgehead atoms. The number of hydrogen-bond donors (Lipinski definition) is 1. The molecule has 1 aliphatic heterocycles. The number of nitrogens with zero attached hydrogens (tertiary/aromatic N) is 2. The standard InChI is InChI=1S/C14H26N2O3S/c1-10(2)7-15(8-11(3)4)14(19)16-5-6-20-9-12(16)13(17)18/h10-12H,5-9H2,1-4H3,(H,17,18). The van der Waals surface area contributed by atoms with Gasteiger partial charge in [-0.05, 0) is 11.8 Å². The SMILES string of the molecule is CC(C)CN(CC(C)C)C(=O)N1CCSCC1C(=O)O. The third kappa shape index (κ3) is 4.89. The predicted octanol–water partition coefficient (Wildman–Crippen LogP) is 2.22. The van der Waals surface area contributed by atoms with Gasteiger partial charge in [-0.1, -0.05) is 27.7 Å². The number of carboxylic acid groups (broad SMARTS) is 1. The van der Waals surface area contributed by atoms with E-state index in [0.29, 0.717) is 37.2 Å². The second-order valence-corrected chi connectivity index (χ2v) is 7.25. The van der Waals surface area contributed by atoms with E-state index < -0.39 is 12.0 Å². The van der Waals surface area contributed by atoms with Crippen LogP contribution in [-0.4, -0.2) is 64.1 Å². The van der Waals surface area contributed by atoms with Crippen molar-refractivity contribution in [2.24, 2.45) is 11.8 Å². The molecular weight excluding hydrogens is 276 g/mol. The largest absolute Gasteiger partial charge is 0.480 e. The molecule has 1 aliphatic rings. The second kappa shape index (κ2) is 7.76. The smallest absolute Gasteiger partial charge is 0.327 e. The molecule has 1 rings (SSSR count).